The second kappa shape index (κ2) is 10.0. The van der Waals surface area contributed by atoms with Crippen molar-refractivity contribution in [2.75, 3.05) is 33.9 Å². The lowest BCUT2D eigenvalue weighted by atomic mass is 10.0. The van der Waals surface area contributed by atoms with Crippen molar-refractivity contribution in [2.24, 2.45) is 0 Å². The van der Waals surface area contributed by atoms with Crippen molar-refractivity contribution >= 4 is 21.9 Å². The number of nitrogens with one attached hydrogen (secondary N) is 1. The van der Waals surface area contributed by atoms with Crippen molar-refractivity contribution in [2.45, 2.75) is 31.5 Å². The Labute approximate surface area is 199 Å². The number of ether oxygens (including phenoxy) is 2. The van der Waals surface area contributed by atoms with Gasteiger partial charge in [-0.05, 0) is 67.9 Å². The van der Waals surface area contributed by atoms with Crippen molar-refractivity contribution in [1.82, 2.24) is 15.2 Å². The summed E-state index contributed by atoms with van der Waals surface area (Å²) in [6.07, 6.45) is 3.24. The van der Waals surface area contributed by atoms with Crippen LogP contribution in [0.3, 0.4) is 0 Å². The second-order valence-corrected chi connectivity index (χ2v) is 8.85. The molecule has 1 fully saturated rings. The van der Waals surface area contributed by atoms with Crippen LogP contribution in [0.5, 0.6) is 11.5 Å². The van der Waals surface area contributed by atoms with Crippen molar-refractivity contribution in [3.63, 3.8) is 0 Å². The number of methoxy groups -OCH3 is 2. The molecule has 0 saturated carbocycles. The zero-order valence-electron chi connectivity index (χ0n) is 19.7. The highest BCUT2D eigenvalue weighted by Gasteiger charge is 2.23. The molecule has 7 heteroatoms. The molecule has 0 unspecified atom stereocenters. The SMILES string of the molecule is COc1ccc2nccc([C@@H](O)CN3CCC(NCc4cc5cccc(OC)c5o4)CC3)c2c1. The van der Waals surface area contributed by atoms with Gasteiger partial charge in [-0.25, -0.2) is 0 Å². The summed E-state index contributed by atoms with van der Waals surface area (Å²) in [5.74, 6) is 2.44. The number of para-hydroxylation sites is 1. The van der Waals surface area contributed by atoms with E-state index in [1.807, 2.05) is 42.5 Å². The zero-order valence-corrected chi connectivity index (χ0v) is 19.7. The molecule has 2 aromatic heterocycles. The molecule has 5 rings (SSSR count). The van der Waals surface area contributed by atoms with Gasteiger partial charge in [-0.15, -0.1) is 0 Å². The number of pyridine rings is 1. The molecule has 7 nitrogen and oxygen atoms in total. The molecule has 4 aromatic rings. The Morgan fingerprint density at radius 2 is 1.97 bits per heavy atom. The quantitative estimate of drug-likeness (QED) is 0.405. The molecule has 2 N–H and O–H groups in total. The zero-order chi connectivity index (χ0) is 23.5. The predicted molar refractivity (Wildman–Crippen MR) is 132 cm³/mol. The summed E-state index contributed by atoms with van der Waals surface area (Å²) in [4.78, 5) is 6.76. The summed E-state index contributed by atoms with van der Waals surface area (Å²) in [6, 6.07) is 16.1. The molecule has 0 aliphatic carbocycles. The van der Waals surface area contributed by atoms with Gasteiger partial charge in [0.25, 0.3) is 0 Å². The van der Waals surface area contributed by atoms with Gasteiger partial charge in [0.1, 0.15) is 11.5 Å². The largest absolute Gasteiger partial charge is 0.497 e. The summed E-state index contributed by atoms with van der Waals surface area (Å²) in [7, 11) is 3.31. The van der Waals surface area contributed by atoms with Gasteiger partial charge < -0.3 is 29.2 Å². The Kier molecular flexibility index (Phi) is 6.67. The van der Waals surface area contributed by atoms with Crippen LogP contribution in [-0.4, -0.2) is 54.9 Å². The Hall–Kier alpha value is -3.13. The number of benzene rings is 2. The van der Waals surface area contributed by atoms with Crippen LogP contribution in [0.2, 0.25) is 0 Å². The molecule has 0 amide bonds. The summed E-state index contributed by atoms with van der Waals surface area (Å²) in [6.45, 7) is 3.17. The molecule has 1 atom stereocenters. The number of aliphatic hydroxyl groups is 1. The number of rotatable bonds is 8. The number of furan rings is 1. The first-order valence-electron chi connectivity index (χ1n) is 11.8. The fourth-order valence-electron chi connectivity index (χ4n) is 4.81. The van der Waals surface area contributed by atoms with Crippen LogP contribution in [0, 0.1) is 0 Å². The third-order valence-corrected chi connectivity index (χ3v) is 6.70. The highest BCUT2D eigenvalue weighted by Crippen LogP contribution is 2.29. The van der Waals surface area contributed by atoms with E-state index in [-0.39, 0.29) is 0 Å². The van der Waals surface area contributed by atoms with E-state index in [4.69, 9.17) is 13.9 Å². The minimum Gasteiger partial charge on any atom is -0.497 e. The van der Waals surface area contributed by atoms with Gasteiger partial charge in [-0.1, -0.05) is 12.1 Å². The summed E-state index contributed by atoms with van der Waals surface area (Å²) < 4.78 is 16.8. The Bertz CT molecular complexity index is 1260. The maximum Gasteiger partial charge on any atom is 0.176 e. The fraction of sp³-hybridized carbons (Fsp3) is 0.370. The third kappa shape index (κ3) is 4.73. The first-order chi connectivity index (χ1) is 16.6. The van der Waals surface area contributed by atoms with Gasteiger partial charge in [-0.2, -0.15) is 0 Å². The lowest BCUT2D eigenvalue weighted by Gasteiger charge is -2.33. The van der Waals surface area contributed by atoms with E-state index < -0.39 is 6.10 Å². The van der Waals surface area contributed by atoms with Crippen molar-refractivity contribution in [3.8, 4) is 11.5 Å². The lowest BCUT2D eigenvalue weighted by Crippen LogP contribution is -2.43. The van der Waals surface area contributed by atoms with Crippen molar-refractivity contribution in [3.05, 3.63) is 66.1 Å². The van der Waals surface area contributed by atoms with Crippen LogP contribution >= 0.6 is 0 Å². The standard InChI is InChI=1S/C27H31N3O4/c1-32-20-6-7-24-23(15-20)22(8-11-28-24)25(31)17-30-12-9-19(10-13-30)29-16-21-14-18-4-3-5-26(33-2)27(18)34-21/h3-8,11,14-15,19,25,29,31H,9-10,12-13,16-17H2,1-2H3/t25-/m0/s1. The number of piperidine rings is 1. The molecule has 34 heavy (non-hydrogen) atoms. The molecular formula is C27H31N3O4. The second-order valence-electron chi connectivity index (χ2n) is 8.85. The molecule has 3 heterocycles. The minimum atomic E-state index is -0.576. The number of aromatic nitrogens is 1. The molecule has 1 saturated heterocycles. The summed E-state index contributed by atoms with van der Waals surface area (Å²) in [5, 5.41) is 16.6. The van der Waals surface area contributed by atoms with Gasteiger partial charge in [0.05, 0.1) is 32.4 Å². The number of likely N-dealkylation sites (tertiary alicyclic amines) is 1. The molecule has 2 aromatic carbocycles. The third-order valence-electron chi connectivity index (χ3n) is 6.70. The first-order valence-corrected chi connectivity index (χ1v) is 11.8. The van der Waals surface area contributed by atoms with E-state index in [2.05, 4.69) is 21.3 Å². The maximum atomic E-state index is 11.0. The Morgan fingerprint density at radius 1 is 1.12 bits per heavy atom. The monoisotopic (exact) mass is 461 g/mol. The van der Waals surface area contributed by atoms with Crippen molar-refractivity contribution < 1.29 is 19.0 Å². The van der Waals surface area contributed by atoms with E-state index in [9.17, 15) is 5.11 Å². The highest BCUT2D eigenvalue weighted by molar-refractivity contribution is 5.84. The van der Waals surface area contributed by atoms with E-state index in [1.165, 1.54) is 0 Å². The van der Waals surface area contributed by atoms with E-state index in [1.54, 1.807) is 20.4 Å². The van der Waals surface area contributed by atoms with Crippen molar-refractivity contribution in [1.29, 1.82) is 0 Å². The molecule has 1 aliphatic rings. The number of nitrogens with zero attached hydrogens (tertiary/aromatic N) is 2. The van der Waals surface area contributed by atoms with Crippen LogP contribution in [0.1, 0.15) is 30.3 Å². The van der Waals surface area contributed by atoms with Gasteiger partial charge in [0, 0.05) is 29.6 Å². The lowest BCUT2D eigenvalue weighted by molar-refractivity contribution is 0.0947. The maximum absolute atomic E-state index is 11.0. The molecule has 0 spiro atoms. The molecule has 1 aliphatic heterocycles. The van der Waals surface area contributed by atoms with E-state index in [0.29, 0.717) is 19.1 Å². The molecule has 0 radical (unpaired) electrons. The van der Waals surface area contributed by atoms with Gasteiger partial charge >= 0.3 is 0 Å². The van der Waals surface area contributed by atoms with Crippen LogP contribution in [0.15, 0.2) is 59.1 Å². The van der Waals surface area contributed by atoms with Gasteiger partial charge in [-0.3, -0.25) is 4.98 Å². The number of fused-ring (bicyclic) bond motifs is 2. The van der Waals surface area contributed by atoms with Crippen LogP contribution in [0.4, 0.5) is 0 Å². The van der Waals surface area contributed by atoms with Crippen LogP contribution in [-0.2, 0) is 6.54 Å². The average molecular weight is 462 g/mol. The van der Waals surface area contributed by atoms with Gasteiger partial charge in [0.2, 0.25) is 0 Å². The molecular weight excluding hydrogens is 430 g/mol. The smallest absolute Gasteiger partial charge is 0.176 e. The summed E-state index contributed by atoms with van der Waals surface area (Å²) in [5.41, 5.74) is 2.56. The first kappa shape index (κ1) is 22.7. The Balaban J connectivity index is 1.16. The average Bonchev–Trinajstić information content (AvgIpc) is 3.31. The van der Waals surface area contributed by atoms with E-state index >= 15 is 0 Å². The number of hydrogen-bond acceptors (Lipinski definition) is 7. The summed E-state index contributed by atoms with van der Waals surface area (Å²) >= 11 is 0. The molecule has 0 bridgehead atoms. The predicted octanol–water partition coefficient (Wildman–Crippen LogP) is 4.29. The number of hydrogen-bond donors (Lipinski definition) is 2. The number of β-amino-alcohol motifs (C(OH)–C–C–N with tert-alkyl or cyclic N) is 1. The fourth-order valence-corrected chi connectivity index (χ4v) is 4.81. The highest BCUT2D eigenvalue weighted by atomic mass is 16.5. The van der Waals surface area contributed by atoms with Gasteiger partial charge in [0.15, 0.2) is 11.3 Å². The molecule has 178 valence electrons. The van der Waals surface area contributed by atoms with E-state index in [0.717, 1.165) is 70.6 Å². The normalized spacial score (nSPS) is 16.2. The topological polar surface area (TPSA) is 80.0 Å². The number of aliphatic hydroxyl groups excluding tert-OH is 1. The Morgan fingerprint density at radius 3 is 2.76 bits per heavy atom. The van der Waals surface area contributed by atoms with Crippen LogP contribution < -0.4 is 14.8 Å². The van der Waals surface area contributed by atoms with Crippen LogP contribution in [0.25, 0.3) is 21.9 Å². The minimum absolute atomic E-state index is 0.425.